The quantitative estimate of drug-likeness (QED) is 0.368. The molecule has 5 rings (SSSR count). The lowest BCUT2D eigenvalue weighted by Gasteiger charge is -2.28. The van der Waals surface area contributed by atoms with Crippen LogP contribution in [0.4, 0.5) is 11.4 Å². The molecule has 0 spiro atoms. The lowest BCUT2D eigenvalue weighted by Crippen LogP contribution is -2.37. The molecule has 2 saturated carbocycles. The number of ether oxygens (including phenoxy) is 1. The number of amides is 3. The number of benzene rings is 2. The first-order valence-electron chi connectivity index (χ1n) is 11.5. The van der Waals surface area contributed by atoms with Crippen LogP contribution in [0.15, 0.2) is 42.5 Å². The molecule has 3 aliphatic rings. The van der Waals surface area contributed by atoms with Crippen molar-refractivity contribution in [3.05, 3.63) is 59.2 Å². The first-order valence-corrected chi connectivity index (χ1v) is 12.3. The van der Waals surface area contributed by atoms with E-state index in [1.54, 1.807) is 6.07 Å². The fourth-order valence-electron chi connectivity index (χ4n) is 5.70. The Labute approximate surface area is 212 Å². The van der Waals surface area contributed by atoms with Gasteiger partial charge < -0.3 is 10.1 Å². The maximum Gasteiger partial charge on any atom is 0.338 e. The highest BCUT2D eigenvalue weighted by Crippen LogP contribution is 2.59. The molecule has 35 heavy (non-hydrogen) atoms. The number of rotatable bonds is 5. The standard InChI is InChI=1S/C26H24Cl2N2O5/c1-12-3-8-18(13(2)9-12)29-19(31)11-35-26(34)14-4-6-15(7-5-14)30-24(32)20-16-10-17(21(20)25(30)33)23(28)22(16)27/h3-9,16-17,20-23H,10-11H2,1-2H3,(H,29,31)/t16-,17-,20-,21+,22+,23+/m1/s1. The average molecular weight is 515 g/mol. The van der Waals surface area contributed by atoms with Crippen LogP contribution >= 0.6 is 23.2 Å². The van der Waals surface area contributed by atoms with Crippen LogP contribution in [0.3, 0.4) is 0 Å². The molecule has 2 bridgehead atoms. The van der Waals surface area contributed by atoms with Crippen molar-refractivity contribution in [1.82, 2.24) is 0 Å². The average Bonchev–Trinajstić information content (AvgIpc) is 3.44. The third-order valence-electron chi connectivity index (χ3n) is 7.34. The predicted octanol–water partition coefficient (Wildman–Crippen LogP) is 4.07. The number of hydrogen-bond donors (Lipinski definition) is 1. The second kappa shape index (κ2) is 8.95. The number of fused-ring (bicyclic) bond motifs is 5. The fourth-order valence-corrected chi connectivity index (χ4v) is 6.60. The van der Waals surface area contributed by atoms with Crippen molar-refractivity contribution < 1.29 is 23.9 Å². The molecule has 182 valence electrons. The van der Waals surface area contributed by atoms with E-state index < -0.39 is 30.3 Å². The second-order valence-electron chi connectivity index (χ2n) is 9.51. The number of alkyl halides is 2. The van der Waals surface area contributed by atoms with Crippen LogP contribution in [0.5, 0.6) is 0 Å². The Bertz CT molecular complexity index is 1200. The fraction of sp³-hybridized carbons (Fsp3) is 0.385. The van der Waals surface area contributed by atoms with E-state index in [1.165, 1.54) is 29.2 Å². The lowest BCUT2D eigenvalue weighted by molar-refractivity contribution is -0.123. The molecule has 6 atom stereocenters. The molecule has 1 N–H and O–H groups in total. The summed E-state index contributed by atoms with van der Waals surface area (Å²) in [4.78, 5) is 52.0. The van der Waals surface area contributed by atoms with Gasteiger partial charge in [0, 0.05) is 5.69 Å². The molecule has 3 amide bonds. The van der Waals surface area contributed by atoms with E-state index in [9.17, 15) is 19.2 Å². The Morgan fingerprint density at radius 2 is 1.57 bits per heavy atom. The molecule has 9 heteroatoms. The van der Waals surface area contributed by atoms with Gasteiger partial charge in [-0.05, 0) is 68.0 Å². The second-order valence-corrected chi connectivity index (χ2v) is 10.5. The minimum Gasteiger partial charge on any atom is -0.452 e. The van der Waals surface area contributed by atoms with Crippen LogP contribution in [-0.4, -0.2) is 41.1 Å². The van der Waals surface area contributed by atoms with Crippen LogP contribution in [0.25, 0.3) is 0 Å². The Morgan fingerprint density at radius 3 is 2.14 bits per heavy atom. The van der Waals surface area contributed by atoms with Gasteiger partial charge in [0.2, 0.25) is 11.8 Å². The Morgan fingerprint density at radius 1 is 0.971 bits per heavy atom. The molecular weight excluding hydrogens is 491 g/mol. The summed E-state index contributed by atoms with van der Waals surface area (Å²) in [6.07, 6.45) is 0.699. The summed E-state index contributed by atoms with van der Waals surface area (Å²) in [6, 6.07) is 11.6. The molecule has 2 aliphatic carbocycles. The molecule has 7 nitrogen and oxygen atoms in total. The highest BCUT2D eigenvalue weighted by atomic mass is 35.5. The Balaban J connectivity index is 1.21. The topological polar surface area (TPSA) is 92.8 Å². The summed E-state index contributed by atoms with van der Waals surface area (Å²) < 4.78 is 5.13. The van der Waals surface area contributed by atoms with Gasteiger partial charge in [0.1, 0.15) is 0 Å². The summed E-state index contributed by atoms with van der Waals surface area (Å²) >= 11 is 12.8. The van der Waals surface area contributed by atoms with Crippen molar-refractivity contribution in [3.8, 4) is 0 Å². The first-order chi connectivity index (χ1) is 16.7. The Kier molecular flexibility index (Phi) is 6.09. The molecule has 1 saturated heterocycles. The third kappa shape index (κ3) is 4.00. The van der Waals surface area contributed by atoms with Crippen molar-refractivity contribution in [2.24, 2.45) is 23.7 Å². The van der Waals surface area contributed by atoms with E-state index in [1.807, 2.05) is 26.0 Å². The molecule has 1 aliphatic heterocycles. The van der Waals surface area contributed by atoms with Gasteiger partial charge in [-0.15, -0.1) is 23.2 Å². The van der Waals surface area contributed by atoms with Gasteiger partial charge in [-0.3, -0.25) is 19.3 Å². The van der Waals surface area contributed by atoms with Crippen LogP contribution in [-0.2, 0) is 19.1 Å². The number of aryl methyl sites for hydroxylation is 2. The number of anilines is 2. The van der Waals surface area contributed by atoms with Gasteiger partial charge in [-0.25, -0.2) is 4.79 Å². The number of carbonyl (C=O) groups excluding carboxylic acids is 4. The zero-order valence-electron chi connectivity index (χ0n) is 19.2. The summed E-state index contributed by atoms with van der Waals surface area (Å²) in [7, 11) is 0. The number of halogens is 2. The SMILES string of the molecule is Cc1ccc(NC(=O)COC(=O)c2ccc(N3C(=O)[C@@H]4[C@H]5C[C@@H]([C@H](Cl)[C@H]5Cl)[C@@H]4C3=O)cc2)c(C)c1. The molecule has 1 heterocycles. The number of carbonyl (C=O) groups is 4. The zero-order valence-corrected chi connectivity index (χ0v) is 20.7. The molecule has 0 aromatic heterocycles. The van der Waals surface area contributed by atoms with Crippen LogP contribution < -0.4 is 10.2 Å². The van der Waals surface area contributed by atoms with Crippen molar-refractivity contribution in [2.75, 3.05) is 16.8 Å². The van der Waals surface area contributed by atoms with E-state index in [-0.39, 0.29) is 40.0 Å². The summed E-state index contributed by atoms with van der Waals surface area (Å²) in [5, 5.41) is 2.09. The molecular formula is C26H24Cl2N2O5. The molecule has 2 aromatic rings. The van der Waals surface area contributed by atoms with Gasteiger partial charge in [-0.1, -0.05) is 17.7 Å². The van der Waals surface area contributed by atoms with Crippen molar-refractivity contribution in [1.29, 1.82) is 0 Å². The summed E-state index contributed by atoms with van der Waals surface area (Å²) in [6.45, 7) is 3.40. The van der Waals surface area contributed by atoms with Crippen molar-refractivity contribution >= 4 is 58.3 Å². The summed E-state index contributed by atoms with van der Waals surface area (Å²) in [5.41, 5.74) is 3.23. The largest absolute Gasteiger partial charge is 0.452 e. The van der Waals surface area contributed by atoms with Gasteiger partial charge in [0.25, 0.3) is 5.91 Å². The molecule has 0 radical (unpaired) electrons. The highest BCUT2D eigenvalue weighted by Gasteiger charge is 2.66. The lowest BCUT2D eigenvalue weighted by atomic mass is 9.80. The number of hydrogen-bond acceptors (Lipinski definition) is 5. The summed E-state index contributed by atoms with van der Waals surface area (Å²) in [5.74, 6) is -2.74. The third-order valence-corrected chi connectivity index (χ3v) is 8.66. The van der Waals surface area contributed by atoms with E-state index in [2.05, 4.69) is 5.32 Å². The monoisotopic (exact) mass is 514 g/mol. The van der Waals surface area contributed by atoms with E-state index >= 15 is 0 Å². The predicted molar refractivity (Wildman–Crippen MR) is 132 cm³/mol. The van der Waals surface area contributed by atoms with Gasteiger partial charge >= 0.3 is 5.97 Å². The number of imide groups is 1. The number of esters is 1. The van der Waals surface area contributed by atoms with E-state index in [0.29, 0.717) is 17.8 Å². The number of nitrogens with zero attached hydrogens (tertiary/aromatic N) is 1. The number of nitrogens with one attached hydrogen (secondary N) is 1. The molecule has 3 fully saturated rings. The van der Waals surface area contributed by atoms with Gasteiger partial charge in [-0.2, -0.15) is 0 Å². The first kappa shape index (κ1) is 23.8. The molecule has 0 unspecified atom stereocenters. The smallest absolute Gasteiger partial charge is 0.338 e. The van der Waals surface area contributed by atoms with E-state index in [0.717, 1.165) is 11.1 Å². The Hall–Kier alpha value is -2.90. The van der Waals surface area contributed by atoms with E-state index in [4.69, 9.17) is 27.9 Å². The minimum absolute atomic E-state index is 0.0975. The minimum atomic E-state index is -0.684. The normalized spacial score (nSPS) is 28.9. The van der Waals surface area contributed by atoms with Crippen LogP contribution in [0, 0.1) is 37.5 Å². The van der Waals surface area contributed by atoms with Crippen LogP contribution in [0.2, 0.25) is 0 Å². The van der Waals surface area contributed by atoms with Crippen molar-refractivity contribution in [2.45, 2.75) is 31.0 Å². The van der Waals surface area contributed by atoms with Gasteiger partial charge in [0.15, 0.2) is 6.61 Å². The maximum atomic E-state index is 13.1. The maximum absolute atomic E-state index is 13.1. The highest BCUT2D eigenvalue weighted by molar-refractivity contribution is 6.32. The van der Waals surface area contributed by atoms with Crippen LogP contribution in [0.1, 0.15) is 27.9 Å². The zero-order chi connectivity index (χ0) is 25.0. The molecule has 2 aromatic carbocycles. The van der Waals surface area contributed by atoms with Gasteiger partial charge in [0.05, 0.1) is 33.8 Å². The van der Waals surface area contributed by atoms with Crippen molar-refractivity contribution in [3.63, 3.8) is 0 Å².